The normalized spacial score (nSPS) is 12.9. The smallest absolute Gasteiger partial charge is 0.306 e. The molecule has 0 aliphatic rings. The van der Waals surface area contributed by atoms with E-state index in [1.54, 1.807) is 0 Å². The average molecular weight is 1050 g/mol. The minimum absolute atomic E-state index is 0.0827. The van der Waals surface area contributed by atoms with Crippen LogP contribution in [0.2, 0.25) is 0 Å². The lowest BCUT2D eigenvalue weighted by molar-refractivity contribution is -0.167. The molecule has 432 valence electrons. The zero-order chi connectivity index (χ0) is 55.0. The van der Waals surface area contributed by atoms with Crippen molar-refractivity contribution in [2.45, 2.75) is 290 Å². The number of hydrogen-bond acceptors (Lipinski definition) is 6. The summed E-state index contributed by atoms with van der Waals surface area (Å²) in [5.41, 5.74) is 0. The second-order valence-electron chi connectivity index (χ2n) is 20.6. The van der Waals surface area contributed by atoms with E-state index in [0.29, 0.717) is 19.3 Å². The standard InChI is InChI=1S/C70H116O6/c1-4-7-10-13-16-19-21-23-25-27-29-31-32-33-34-35-36-37-38-40-41-43-45-47-49-51-54-57-60-63-69(72)75-66-67(65-74-68(71)62-59-56-53-18-15-12-9-6-3)76-70(73)64-61-58-55-52-50-48-46-44-42-39-30-28-26-24-22-20-17-14-11-8-5-2/h7-8,10-11,16-17,19-20,23-26,29-31,33-34,36-37,39,67H,4-6,9,12-15,18,21-22,27-28,32,35,38,40-66H2,1-3H3/b10-7-,11-8-,19-16-,20-17-,25-23-,26-24-,31-29-,34-33-,37-36-,39-30-. The van der Waals surface area contributed by atoms with Gasteiger partial charge < -0.3 is 14.2 Å². The fourth-order valence-electron chi connectivity index (χ4n) is 8.56. The van der Waals surface area contributed by atoms with Crippen molar-refractivity contribution in [2.75, 3.05) is 13.2 Å². The van der Waals surface area contributed by atoms with Gasteiger partial charge in [0.2, 0.25) is 0 Å². The van der Waals surface area contributed by atoms with E-state index in [0.717, 1.165) is 128 Å². The van der Waals surface area contributed by atoms with Crippen molar-refractivity contribution in [2.24, 2.45) is 0 Å². The second-order valence-corrected chi connectivity index (χ2v) is 20.6. The molecular weight excluding hydrogens is 937 g/mol. The van der Waals surface area contributed by atoms with E-state index < -0.39 is 6.10 Å². The van der Waals surface area contributed by atoms with Crippen LogP contribution < -0.4 is 0 Å². The second kappa shape index (κ2) is 63.3. The Labute approximate surface area is 469 Å². The van der Waals surface area contributed by atoms with Gasteiger partial charge >= 0.3 is 17.9 Å². The highest BCUT2D eigenvalue weighted by Crippen LogP contribution is 2.16. The van der Waals surface area contributed by atoms with Crippen LogP contribution in [0.4, 0.5) is 0 Å². The zero-order valence-corrected chi connectivity index (χ0v) is 49.5. The maximum Gasteiger partial charge on any atom is 0.306 e. The molecule has 0 N–H and O–H groups in total. The molecule has 6 heteroatoms. The summed E-state index contributed by atoms with van der Waals surface area (Å²) in [5.74, 6) is -0.896. The quantitative estimate of drug-likeness (QED) is 0.0261. The van der Waals surface area contributed by atoms with Crippen LogP contribution in [-0.4, -0.2) is 37.2 Å². The van der Waals surface area contributed by atoms with Crippen LogP contribution in [-0.2, 0) is 28.6 Å². The van der Waals surface area contributed by atoms with Crippen molar-refractivity contribution < 1.29 is 28.6 Å². The first kappa shape index (κ1) is 71.8. The summed E-state index contributed by atoms with van der Waals surface area (Å²) in [6, 6.07) is 0. The van der Waals surface area contributed by atoms with Gasteiger partial charge in [-0.1, -0.05) is 277 Å². The van der Waals surface area contributed by atoms with Gasteiger partial charge in [-0.3, -0.25) is 14.4 Å². The van der Waals surface area contributed by atoms with E-state index in [1.165, 1.54) is 116 Å². The lowest BCUT2D eigenvalue weighted by atomic mass is 10.1. The SMILES string of the molecule is CC/C=C\C/C=C\C/C=C\C/C=C\C/C=C\C/C=C\CCCCCCCCCCCCC(=O)OCC(COC(=O)CCCCCCCCCC)OC(=O)CCCCCCCCCC/C=C\C/C=C\C/C=C\C/C=C\CC. The number of allylic oxidation sites excluding steroid dienone is 20. The Morgan fingerprint density at radius 2 is 0.513 bits per heavy atom. The Kier molecular flexibility index (Phi) is 59.9. The van der Waals surface area contributed by atoms with Crippen LogP contribution in [0, 0.1) is 0 Å². The molecule has 0 rings (SSSR count). The van der Waals surface area contributed by atoms with Gasteiger partial charge in [-0.25, -0.2) is 0 Å². The van der Waals surface area contributed by atoms with Crippen molar-refractivity contribution >= 4 is 17.9 Å². The molecule has 0 amide bonds. The fraction of sp³-hybridized carbons (Fsp3) is 0.671. The number of ether oxygens (including phenoxy) is 3. The summed E-state index contributed by atoms with van der Waals surface area (Å²) in [5, 5.41) is 0. The van der Waals surface area contributed by atoms with Crippen LogP contribution in [0.1, 0.15) is 284 Å². The Morgan fingerprint density at radius 3 is 0.803 bits per heavy atom. The Hall–Kier alpha value is -4.19. The molecule has 1 unspecified atom stereocenters. The molecule has 0 aliphatic carbocycles. The molecule has 76 heavy (non-hydrogen) atoms. The number of rotatable bonds is 56. The molecule has 0 aromatic carbocycles. The van der Waals surface area contributed by atoms with E-state index >= 15 is 0 Å². The third-order valence-electron chi connectivity index (χ3n) is 13.2. The third kappa shape index (κ3) is 60.7. The highest BCUT2D eigenvalue weighted by Gasteiger charge is 2.19. The molecule has 0 radical (unpaired) electrons. The third-order valence-corrected chi connectivity index (χ3v) is 13.2. The lowest BCUT2D eigenvalue weighted by Crippen LogP contribution is -2.30. The number of esters is 3. The summed E-state index contributed by atoms with van der Waals surface area (Å²) in [6.45, 7) is 6.38. The summed E-state index contributed by atoms with van der Waals surface area (Å²) >= 11 is 0. The highest BCUT2D eigenvalue weighted by molar-refractivity contribution is 5.71. The fourth-order valence-corrected chi connectivity index (χ4v) is 8.56. The average Bonchev–Trinajstić information content (AvgIpc) is 3.42. The largest absolute Gasteiger partial charge is 0.462 e. The van der Waals surface area contributed by atoms with Crippen molar-refractivity contribution in [1.29, 1.82) is 0 Å². The van der Waals surface area contributed by atoms with Crippen molar-refractivity contribution in [3.8, 4) is 0 Å². The Morgan fingerprint density at radius 1 is 0.276 bits per heavy atom. The molecule has 0 heterocycles. The van der Waals surface area contributed by atoms with Crippen LogP contribution in [0.5, 0.6) is 0 Å². The summed E-state index contributed by atoms with van der Waals surface area (Å²) in [4.78, 5) is 38.1. The van der Waals surface area contributed by atoms with E-state index in [4.69, 9.17) is 14.2 Å². The molecule has 0 bridgehead atoms. The number of unbranched alkanes of at least 4 members (excludes halogenated alkanes) is 25. The minimum atomic E-state index is -0.785. The number of carbonyl (C=O) groups is 3. The zero-order valence-electron chi connectivity index (χ0n) is 49.5. The molecule has 0 aliphatic heterocycles. The van der Waals surface area contributed by atoms with Crippen LogP contribution in [0.3, 0.4) is 0 Å². The van der Waals surface area contributed by atoms with Gasteiger partial charge in [-0.2, -0.15) is 0 Å². The molecule has 0 aromatic heterocycles. The number of carbonyl (C=O) groups excluding carboxylic acids is 3. The first-order chi connectivity index (χ1) is 37.5. The predicted octanol–water partition coefficient (Wildman–Crippen LogP) is 21.6. The maximum atomic E-state index is 12.9. The summed E-state index contributed by atoms with van der Waals surface area (Å²) in [6.07, 6.45) is 87.9. The van der Waals surface area contributed by atoms with Crippen LogP contribution in [0.25, 0.3) is 0 Å². The van der Waals surface area contributed by atoms with E-state index in [2.05, 4.69) is 142 Å². The molecule has 0 saturated heterocycles. The van der Waals surface area contributed by atoms with Gasteiger partial charge in [0.05, 0.1) is 0 Å². The van der Waals surface area contributed by atoms with Gasteiger partial charge in [0.15, 0.2) is 6.10 Å². The topological polar surface area (TPSA) is 78.9 Å². The molecule has 0 spiro atoms. The van der Waals surface area contributed by atoms with Crippen LogP contribution in [0.15, 0.2) is 122 Å². The first-order valence-corrected chi connectivity index (χ1v) is 31.5. The van der Waals surface area contributed by atoms with Gasteiger partial charge in [-0.05, 0) is 109 Å². The molecule has 0 saturated carbocycles. The Bertz CT molecular complexity index is 1590. The molecule has 0 aromatic rings. The van der Waals surface area contributed by atoms with Gasteiger partial charge in [0.25, 0.3) is 0 Å². The summed E-state index contributed by atoms with van der Waals surface area (Å²) < 4.78 is 16.9. The summed E-state index contributed by atoms with van der Waals surface area (Å²) in [7, 11) is 0. The van der Waals surface area contributed by atoms with Crippen molar-refractivity contribution in [3.63, 3.8) is 0 Å². The van der Waals surface area contributed by atoms with Gasteiger partial charge in [0.1, 0.15) is 13.2 Å². The molecule has 0 fully saturated rings. The van der Waals surface area contributed by atoms with Crippen molar-refractivity contribution in [3.05, 3.63) is 122 Å². The van der Waals surface area contributed by atoms with E-state index in [9.17, 15) is 14.4 Å². The minimum Gasteiger partial charge on any atom is -0.462 e. The van der Waals surface area contributed by atoms with Gasteiger partial charge in [0, 0.05) is 19.3 Å². The van der Waals surface area contributed by atoms with Crippen molar-refractivity contribution in [1.82, 2.24) is 0 Å². The van der Waals surface area contributed by atoms with E-state index in [1.807, 2.05) is 0 Å². The monoisotopic (exact) mass is 1050 g/mol. The lowest BCUT2D eigenvalue weighted by Gasteiger charge is -2.18. The van der Waals surface area contributed by atoms with Crippen LogP contribution >= 0.6 is 0 Å². The highest BCUT2D eigenvalue weighted by atomic mass is 16.6. The maximum absolute atomic E-state index is 12.9. The first-order valence-electron chi connectivity index (χ1n) is 31.5. The predicted molar refractivity (Wildman–Crippen MR) is 330 cm³/mol. The van der Waals surface area contributed by atoms with E-state index in [-0.39, 0.29) is 31.1 Å². The Balaban J connectivity index is 4.21. The van der Waals surface area contributed by atoms with Gasteiger partial charge in [-0.15, -0.1) is 0 Å². The molecular formula is C70H116O6. The molecule has 6 nitrogen and oxygen atoms in total. The molecule has 1 atom stereocenters. The number of hydrogen-bond donors (Lipinski definition) is 0.